The van der Waals surface area contributed by atoms with E-state index < -0.39 is 0 Å². The van der Waals surface area contributed by atoms with Crippen LogP contribution in [-0.2, 0) is 27.2 Å². The van der Waals surface area contributed by atoms with Gasteiger partial charge in [0.1, 0.15) is 10.0 Å². The standard InChI is InChI=1S/C31H35N5O4S2/c1-39-15-12-32-11-9-27(37)35-30-28(23-8-10-33-19-26(23)42-30)29-34-24-18-22(6-7-25(24)41-29)20-2-4-21(5-3-20)31(38)36-13-16-40-17-14-36/h2-7,18,32-33H,8-17,19H2,1H3,(H,35,37). The highest BCUT2D eigenvalue weighted by Crippen LogP contribution is 2.45. The van der Waals surface area contributed by atoms with Crippen LogP contribution in [0, 0.1) is 0 Å². The highest BCUT2D eigenvalue weighted by atomic mass is 32.1. The van der Waals surface area contributed by atoms with E-state index in [1.165, 1.54) is 10.4 Å². The second-order valence-corrected chi connectivity index (χ2v) is 12.5. The molecule has 4 heterocycles. The molecule has 2 aromatic carbocycles. The second kappa shape index (κ2) is 13.4. The van der Waals surface area contributed by atoms with Crippen molar-refractivity contribution >= 4 is 49.7 Å². The number of amides is 2. The quantitative estimate of drug-likeness (QED) is 0.231. The van der Waals surface area contributed by atoms with E-state index in [4.69, 9.17) is 14.5 Å². The summed E-state index contributed by atoms with van der Waals surface area (Å²) in [5, 5.41) is 11.7. The molecule has 1 fully saturated rings. The number of carbonyl (C=O) groups is 2. The summed E-state index contributed by atoms with van der Waals surface area (Å²) in [6.07, 6.45) is 1.30. The highest BCUT2D eigenvalue weighted by Gasteiger charge is 2.25. The van der Waals surface area contributed by atoms with Crippen LogP contribution in [0.2, 0.25) is 0 Å². The fraction of sp³-hybridized carbons (Fsp3) is 0.387. The van der Waals surface area contributed by atoms with Gasteiger partial charge in [-0.05, 0) is 53.9 Å². The first-order valence-electron chi connectivity index (χ1n) is 14.3. The van der Waals surface area contributed by atoms with Crippen LogP contribution in [0.3, 0.4) is 0 Å². The molecule has 220 valence electrons. The number of hydrogen-bond acceptors (Lipinski definition) is 9. The zero-order valence-corrected chi connectivity index (χ0v) is 25.3. The number of aromatic nitrogens is 1. The van der Waals surface area contributed by atoms with E-state index >= 15 is 0 Å². The fourth-order valence-corrected chi connectivity index (χ4v) is 7.63. The number of carbonyl (C=O) groups excluding carboxylic acids is 2. The molecule has 2 aromatic heterocycles. The third kappa shape index (κ3) is 6.41. The van der Waals surface area contributed by atoms with Gasteiger partial charge in [-0.3, -0.25) is 9.59 Å². The van der Waals surface area contributed by atoms with E-state index in [0.717, 1.165) is 63.0 Å². The molecule has 11 heteroatoms. The number of nitrogens with zero attached hydrogens (tertiary/aromatic N) is 2. The minimum atomic E-state index is -0.00771. The van der Waals surface area contributed by atoms with Crippen LogP contribution in [0.15, 0.2) is 42.5 Å². The Balaban J connectivity index is 1.22. The number of benzene rings is 2. The molecule has 42 heavy (non-hydrogen) atoms. The second-order valence-electron chi connectivity index (χ2n) is 10.4. The van der Waals surface area contributed by atoms with Gasteiger partial charge in [0.2, 0.25) is 5.91 Å². The SMILES string of the molecule is COCCNCCC(=O)Nc1sc2c(c1-c1nc3cc(-c4ccc(C(=O)N5CCOCC5)cc4)ccc3s1)CCNC2. The van der Waals surface area contributed by atoms with Gasteiger partial charge in [-0.1, -0.05) is 18.2 Å². The Morgan fingerprint density at radius 1 is 1.07 bits per heavy atom. The molecule has 0 aliphatic carbocycles. The molecule has 0 saturated carbocycles. The zero-order chi connectivity index (χ0) is 28.9. The number of nitrogens with one attached hydrogen (secondary N) is 3. The van der Waals surface area contributed by atoms with Crippen molar-refractivity contribution in [3.05, 3.63) is 58.5 Å². The molecular formula is C31H35N5O4S2. The Bertz CT molecular complexity index is 1560. The van der Waals surface area contributed by atoms with Gasteiger partial charge in [0.05, 0.1) is 30.0 Å². The molecule has 1 saturated heterocycles. The van der Waals surface area contributed by atoms with Gasteiger partial charge < -0.3 is 30.3 Å². The number of thiophene rings is 1. The summed E-state index contributed by atoms with van der Waals surface area (Å²) in [6, 6.07) is 14.1. The molecule has 9 nitrogen and oxygen atoms in total. The van der Waals surface area contributed by atoms with Gasteiger partial charge >= 0.3 is 0 Å². The van der Waals surface area contributed by atoms with Crippen molar-refractivity contribution in [2.24, 2.45) is 0 Å². The highest BCUT2D eigenvalue weighted by molar-refractivity contribution is 7.23. The van der Waals surface area contributed by atoms with Crippen LogP contribution in [0.5, 0.6) is 0 Å². The average Bonchev–Trinajstić information content (AvgIpc) is 3.61. The fourth-order valence-electron chi connectivity index (χ4n) is 5.31. The molecule has 0 bridgehead atoms. The summed E-state index contributed by atoms with van der Waals surface area (Å²) >= 11 is 3.31. The molecule has 6 rings (SSSR count). The van der Waals surface area contributed by atoms with Gasteiger partial charge in [-0.25, -0.2) is 4.98 Å². The topological polar surface area (TPSA) is 105 Å². The van der Waals surface area contributed by atoms with Gasteiger partial charge in [0.25, 0.3) is 5.91 Å². The molecular weight excluding hydrogens is 571 g/mol. The third-order valence-electron chi connectivity index (χ3n) is 7.56. The maximum absolute atomic E-state index is 12.8. The summed E-state index contributed by atoms with van der Waals surface area (Å²) in [5.41, 5.74) is 6.05. The molecule has 0 unspecified atom stereocenters. The molecule has 4 aromatic rings. The average molecular weight is 606 g/mol. The van der Waals surface area contributed by atoms with Gasteiger partial charge in [0, 0.05) is 62.3 Å². The normalized spacial score (nSPS) is 15.1. The van der Waals surface area contributed by atoms with Crippen LogP contribution < -0.4 is 16.0 Å². The minimum absolute atomic E-state index is 0.00771. The number of ether oxygens (including phenoxy) is 2. The number of hydrogen-bond donors (Lipinski definition) is 3. The number of methoxy groups -OCH3 is 1. The lowest BCUT2D eigenvalue weighted by Gasteiger charge is -2.26. The van der Waals surface area contributed by atoms with Crippen molar-refractivity contribution in [3.8, 4) is 21.7 Å². The Kier molecular flexibility index (Phi) is 9.23. The van der Waals surface area contributed by atoms with Gasteiger partial charge in [-0.15, -0.1) is 22.7 Å². The Labute approximate surface area is 253 Å². The summed E-state index contributed by atoms with van der Waals surface area (Å²) in [6.45, 7) is 6.09. The molecule has 2 aliphatic rings. The van der Waals surface area contributed by atoms with Crippen molar-refractivity contribution < 1.29 is 19.1 Å². The van der Waals surface area contributed by atoms with E-state index in [-0.39, 0.29) is 11.8 Å². The Hall–Kier alpha value is -3.19. The van der Waals surface area contributed by atoms with E-state index in [0.29, 0.717) is 51.4 Å². The first kappa shape index (κ1) is 28.9. The maximum Gasteiger partial charge on any atom is 0.254 e. The summed E-state index contributed by atoms with van der Waals surface area (Å²) in [7, 11) is 1.67. The molecule has 2 amide bonds. The predicted octanol–water partition coefficient (Wildman–Crippen LogP) is 4.37. The predicted molar refractivity (Wildman–Crippen MR) is 168 cm³/mol. The van der Waals surface area contributed by atoms with Crippen molar-refractivity contribution in [2.75, 3.05) is 65.0 Å². The third-order valence-corrected chi connectivity index (χ3v) is 9.76. The van der Waals surface area contributed by atoms with Crippen molar-refractivity contribution in [2.45, 2.75) is 19.4 Å². The van der Waals surface area contributed by atoms with Crippen LogP contribution in [0.1, 0.15) is 27.2 Å². The van der Waals surface area contributed by atoms with E-state index in [2.05, 4.69) is 34.1 Å². The monoisotopic (exact) mass is 605 g/mol. The van der Waals surface area contributed by atoms with E-state index in [1.807, 2.05) is 29.2 Å². The molecule has 2 aliphatic heterocycles. The molecule has 0 spiro atoms. The smallest absolute Gasteiger partial charge is 0.254 e. The first-order chi connectivity index (χ1) is 20.6. The van der Waals surface area contributed by atoms with E-state index in [1.54, 1.807) is 29.8 Å². The van der Waals surface area contributed by atoms with Crippen LogP contribution in [0.4, 0.5) is 5.00 Å². The Morgan fingerprint density at radius 2 is 1.88 bits per heavy atom. The first-order valence-corrected chi connectivity index (χ1v) is 16.0. The summed E-state index contributed by atoms with van der Waals surface area (Å²) < 4.78 is 11.5. The van der Waals surface area contributed by atoms with Crippen molar-refractivity contribution in [1.29, 1.82) is 0 Å². The lowest BCUT2D eigenvalue weighted by atomic mass is 10.0. The van der Waals surface area contributed by atoms with Crippen LogP contribution in [0.25, 0.3) is 31.9 Å². The molecule has 0 radical (unpaired) electrons. The van der Waals surface area contributed by atoms with Gasteiger partial charge in [0.15, 0.2) is 0 Å². The lowest BCUT2D eigenvalue weighted by Crippen LogP contribution is -2.40. The van der Waals surface area contributed by atoms with Gasteiger partial charge in [-0.2, -0.15) is 0 Å². The lowest BCUT2D eigenvalue weighted by molar-refractivity contribution is -0.116. The molecule has 3 N–H and O–H groups in total. The number of morpholine rings is 1. The number of thiazole rings is 1. The largest absolute Gasteiger partial charge is 0.383 e. The van der Waals surface area contributed by atoms with Crippen molar-refractivity contribution in [3.63, 3.8) is 0 Å². The van der Waals surface area contributed by atoms with E-state index in [9.17, 15) is 9.59 Å². The maximum atomic E-state index is 12.8. The van der Waals surface area contributed by atoms with Crippen LogP contribution in [-0.4, -0.2) is 81.4 Å². The van der Waals surface area contributed by atoms with Crippen LogP contribution >= 0.6 is 22.7 Å². The van der Waals surface area contributed by atoms with Crippen molar-refractivity contribution in [1.82, 2.24) is 20.5 Å². The minimum Gasteiger partial charge on any atom is -0.383 e. The summed E-state index contributed by atoms with van der Waals surface area (Å²) in [4.78, 5) is 33.9. The summed E-state index contributed by atoms with van der Waals surface area (Å²) in [5.74, 6) is 0.0376. The zero-order valence-electron chi connectivity index (χ0n) is 23.7. The number of anilines is 1. The number of rotatable bonds is 10. The number of fused-ring (bicyclic) bond motifs is 2. The Morgan fingerprint density at radius 3 is 2.69 bits per heavy atom. The molecule has 0 atom stereocenters.